The number of thioether (sulfide) groups is 1. The Labute approximate surface area is 208 Å². The number of hydrogen-bond acceptors (Lipinski definition) is 5. The van der Waals surface area contributed by atoms with Gasteiger partial charge in [-0.3, -0.25) is 4.90 Å². The van der Waals surface area contributed by atoms with Gasteiger partial charge in [-0.2, -0.15) is 16.9 Å². The van der Waals surface area contributed by atoms with E-state index in [0.29, 0.717) is 18.7 Å². The molecule has 4 aromatic rings. The molecule has 5 rings (SSSR count). The van der Waals surface area contributed by atoms with Crippen molar-refractivity contribution in [3.63, 3.8) is 0 Å². The number of halogens is 1. The fraction of sp³-hybridized carbons (Fsp3) is 0.296. The van der Waals surface area contributed by atoms with Crippen molar-refractivity contribution in [3.8, 4) is 0 Å². The number of anilines is 1. The number of ether oxygens (including phenoxy) is 1. The molecule has 35 heavy (non-hydrogen) atoms. The molecule has 0 atom stereocenters. The van der Waals surface area contributed by atoms with E-state index in [9.17, 15) is 9.18 Å². The summed E-state index contributed by atoms with van der Waals surface area (Å²) in [6, 6.07) is 18.1. The first-order chi connectivity index (χ1) is 16.9. The number of carbonyl (C=O) groups excluding carboxylic acids is 1. The van der Waals surface area contributed by atoms with Crippen molar-refractivity contribution < 1.29 is 13.9 Å². The van der Waals surface area contributed by atoms with Crippen molar-refractivity contribution >= 4 is 29.2 Å². The van der Waals surface area contributed by atoms with E-state index >= 15 is 0 Å². The highest BCUT2D eigenvalue weighted by Gasteiger charge is 2.42. The first kappa shape index (κ1) is 23.4. The maximum atomic E-state index is 13.5. The molecular formula is C27H27FN4O2S. The van der Waals surface area contributed by atoms with Crippen molar-refractivity contribution in [2.45, 2.75) is 38.0 Å². The van der Waals surface area contributed by atoms with Crippen LogP contribution in [0.3, 0.4) is 0 Å². The molecule has 0 saturated heterocycles. The Morgan fingerprint density at radius 2 is 1.86 bits per heavy atom. The Hall–Kier alpha value is -3.39. The van der Waals surface area contributed by atoms with E-state index in [-0.39, 0.29) is 17.8 Å². The monoisotopic (exact) mass is 490 g/mol. The third kappa shape index (κ3) is 4.62. The van der Waals surface area contributed by atoms with E-state index in [2.05, 4.69) is 13.8 Å². The fourth-order valence-electron chi connectivity index (χ4n) is 4.62. The van der Waals surface area contributed by atoms with Gasteiger partial charge in [0.2, 0.25) is 0 Å². The second-order valence-electron chi connectivity index (χ2n) is 9.41. The molecule has 3 heterocycles. The second kappa shape index (κ2) is 9.34. The first-order valence-electron chi connectivity index (χ1n) is 11.5. The Balaban J connectivity index is 1.56. The van der Waals surface area contributed by atoms with Gasteiger partial charge in [-0.1, -0.05) is 56.3 Å². The molecule has 0 bridgehead atoms. The highest BCUT2D eigenvalue weighted by Crippen LogP contribution is 2.42. The van der Waals surface area contributed by atoms with E-state index < -0.39 is 6.09 Å². The lowest BCUT2D eigenvalue weighted by Crippen LogP contribution is -2.34. The largest absolute Gasteiger partial charge is 0.444 e. The number of aromatic nitrogens is 3. The van der Waals surface area contributed by atoms with Gasteiger partial charge in [0.15, 0.2) is 11.5 Å². The van der Waals surface area contributed by atoms with E-state index in [1.165, 1.54) is 12.1 Å². The maximum Gasteiger partial charge on any atom is 0.414 e. The predicted molar refractivity (Wildman–Crippen MR) is 136 cm³/mol. The average molecular weight is 491 g/mol. The molecule has 180 valence electrons. The van der Waals surface area contributed by atoms with Crippen LogP contribution in [0, 0.1) is 5.82 Å². The lowest BCUT2D eigenvalue weighted by Gasteiger charge is -2.20. The highest BCUT2D eigenvalue weighted by atomic mass is 32.2. The number of carbonyl (C=O) groups is 1. The lowest BCUT2D eigenvalue weighted by molar-refractivity contribution is 0.147. The van der Waals surface area contributed by atoms with Crippen LogP contribution in [0.5, 0.6) is 0 Å². The summed E-state index contributed by atoms with van der Waals surface area (Å²) in [6.07, 6.45) is 2.17. The predicted octanol–water partition coefficient (Wildman–Crippen LogP) is 5.76. The maximum absolute atomic E-state index is 13.5. The van der Waals surface area contributed by atoms with Gasteiger partial charge >= 0.3 is 6.09 Å². The van der Waals surface area contributed by atoms with Gasteiger partial charge in [0.1, 0.15) is 12.4 Å². The summed E-state index contributed by atoms with van der Waals surface area (Å²) in [5.41, 5.74) is 4.95. The van der Waals surface area contributed by atoms with E-state index in [1.54, 1.807) is 28.8 Å². The van der Waals surface area contributed by atoms with Gasteiger partial charge in [-0.25, -0.2) is 18.7 Å². The third-order valence-corrected chi connectivity index (χ3v) is 6.74. The highest BCUT2D eigenvalue weighted by molar-refractivity contribution is 7.97. The number of benzene rings is 2. The van der Waals surface area contributed by atoms with Crippen LogP contribution < -0.4 is 4.90 Å². The van der Waals surface area contributed by atoms with Gasteiger partial charge in [0.05, 0.1) is 17.1 Å². The summed E-state index contributed by atoms with van der Waals surface area (Å²) in [4.78, 5) is 19.8. The van der Waals surface area contributed by atoms with Crippen LogP contribution in [-0.4, -0.2) is 33.5 Å². The Morgan fingerprint density at radius 1 is 1.11 bits per heavy atom. The zero-order valence-electron chi connectivity index (χ0n) is 20.0. The van der Waals surface area contributed by atoms with Crippen LogP contribution >= 0.6 is 11.8 Å². The smallest absolute Gasteiger partial charge is 0.414 e. The molecule has 0 aliphatic carbocycles. The van der Waals surface area contributed by atoms with Crippen LogP contribution in [-0.2, 0) is 28.9 Å². The summed E-state index contributed by atoms with van der Waals surface area (Å²) in [7, 11) is 0. The zero-order valence-corrected chi connectivity index (χ0v) is 20.8. The summed E-state index contributed by atoms with van der Waals surface area (Å²) in [6.45, 7) is 4.89. The molecule has 1 aliphatic rings. The number of hydrogen-bond donors (Lipinski definition) is 0. The second-order valence-corrected chi connectivity index (χ2v) is 10.3. The molecule has 2 aromatic carbocycles. The number of amides is 1. The normalized spacial score (nSPS) is 14.3. The number of fused-ring (bicyclic) bond motifs is 3. The Kier molecular flexibility index (Phi) is 6.23. The summed E-state index contributed by atoms with van der Waals surface area (Å²) >= 11 is 1.66. The zero-order chi connectivity index (χ0) is 24.6. The molecule has 2 aromatic heterocycles. The van der Waals surface area contributed by atoms with Gasteiger partial charge in [0.25, 0.3) is 0 Å². The number of rotatable bonds is 6. The van der Waals surface area contributed by atoms with Gasteiger partial charge in [0, 0.05) is 23.9 Å². The van der Waals surface area contributed by atoms with Crippen LogP contribution in [0.25, 0.3) is 5.65 Å². The summed E-state index contributed by atoms with van der Waals surface area (Å²) in [5.74, 6) is 1.16. The van der Waals surface area contributed by atoms with Crippen molar-refractivity contribution in [2.75, 3.05) is 17.7 Å². The first-order valence-corrected chi connectivity index (χ1v) is 12.9. The lowest BCUT2D eigenvalue weighted by atomic mass is 9.90. The van der Waals surface area contributed by atoms with Crippen LogP contribution in [0.15, 0.2) is 60.7 Å². The SMILES string of the molecule is CSCc1nc2c(Cc3ccc(F)cc3)cc3c(n2n1)C(C)(C)CN3C(=O)OCc1ccccc1. The molecule has 0 unspecified atom stereocenters. The molecule has 0 N–H and O–H groups in total. The van der Waals surface area contributed by atoms with Crippen molar-refractivity contribution in [3.05, 3.63) is 94.7 Å². The standard InChI is InChI=1S/C27H27FN4O2S/c1-27(2)17-31(26(33)34-15-19-7-5-4-6-8-19)22-14-20(13-18-9-11-21(28)12-10-18)25-29-23(16-35-3)30-32(25)24(22)27/h4-12,14H,13,15-17H2,1-3H3. The van der Waals surface area contributed by atoms with Gasteiger partial charge < -0.3 is 4.74 Å². The minimum absolute atomic E-state index is 0.206. The minimum atomic E-state index is -0.391. The van der Waals surface area contributed by atoms with Crippen molar-refractivity contribution in [1.29, 1.82) is 0 Å². The van der Waals surface area contributed by atoms with E-state index in [4.69, 9.17) is 14.8 Å². The molecular weight excluding hydrogens is 463 g/mol. The van der Waals surface area contributed by atoms with Crippen LogP contribution in [0.4, 0.5) is 14.9 Å². The van der Waals surface area contributed by atoms with Crippen LogP contribution in [0.1, 0.15) is 42.1 Å². The average Bonchev–Trinajstić information content (AvgIpc) is 3.38. The van der Waals surface area contributed by atoms with Gasteiger partial charge in [-0.05, 0) is 35.6 Å². The molecule has 6 nitrogen and oxygen atoms in total. The summed E-state index contributed by atoms with van der Waals surface area (Å²) < 4.78 is 21.1. The number of pyridine rings is 1. The molecule has 0 saturated carbocycles. The fourth-order valence-corrected chi connectivity index (χ4v) is 5.00. The Morgan fingerprint density at radius 3 is 2.57 bits per heavy atom. The minimum Gasteiger partial charge on any atom is -0.444 e. The third-order valence-electron chi connectivity index (χ3n) is 6.20. The van der Waals surface area contributed by atoms with E-state index in [1.807, 2.05) is 47.2 Å². The molecule has 1 amide bonds. The Bertz CT molecular complexity index is 1370. The summed E-state index contributed by atoms with van der Waals surface area (Å²) in [5, 5.41) is 4.82. The van der Waals surface area contributed by atoms with Gasteiger partial charge in [-0.15, -0.1) is 0 Å². The molecule has 0 spiro atoms. The van der Waals surface area contributed by atoms with E-state index in [0.717, 1.165) is 39.5 Å². The molecule has 1 aliphatic heterocycles. The van der Waals surface area contributed by atoms with Crippen LogP contribution in [0.2, 0.25) is 0 Å². The molecule has 0 radical (unpaired) electrons. The topological polar surface area (TPSA) is 59.7 Å². The van der Waals surface area contributed by atoms with Crippen molar-refractivity contribution in [1.82, 2.24) is 14.6 Å². The molecule has 8 heteroatoms. The quantitative estimate of drug-likeness (QED) is 0.344. The molecule has 0 fully saturated rings. The van der Waals surface area contributed by atoms with Crippen molar-refractivity contribution in [2.24, 2.45) is 0 Å². The number of nitrogens with zero attached hydrogens (tertiary/aromatic N) is 4.